The van der Waals surface area contributed by atoms with E-state index in [-0.39, 0.29) is 12.5 Å². The molecule has 0 aromatic carbocycles. The van der Waals surface area contributed by atoms with E-state index in [9.17, 15) is 4.79 Å². The van der Waals surface area contributed by atoms with E-state index in [2.05, 4.69) is 11.9 Å². The Hall–Kier alpha value is -0.870. The molecule has 0 aromatic rings. The second kappa shape index (κ2) is 7.76. The van der Waals surface area contributed by atoms with Crippen LogP contribution in [0.4, 0.5) is 0 Å². The summed E-state index contributed by atoms with van der Waals surface area (Å²) >= 11 is 0. The zero-order valence-electron chi connectivity index (χ0n) is 8.12. The molecule has 2 N–H and O–H groups in total. The van der Waals surface area contributed by atoms with Gasteiger partial charge in [0.25, 0.3) is 0 Å². The maximum Gasteiger partial charge on any atom is 0.234 e. The number of nitrogens with one attached hydrogen (secondary N) is 1. The zero-order valence-corrected chi connectivity index (χ0v) is 8.12. The second-order valence-electron chi connectivity index (χ2n) is 2.70. The number of carbonyl (C=O) groups is 1. The Morgan fingerprint density at radius 1 is 1.69 bits per heavy atom. The van der Waals surface area contributed by atoms with Crippen molar-refractivity contribution in [2.24, 2.45) is 0 Å². The molecule has 0 radical (unpaired) electrons. The average Bonchev–Trinajstić information content (AvgIpc) is 2.05. The third kappa shape index (κ3) is 6.31. The number of rotatable bonds is 7. The quantitative estimate of drug-likeness (QED) is 0.532. The van der Waals surface area contributed by atoms with Crippen molar-refractivity contribution in [2.45, 2.75) is 6.92 Å². The van der Waals surface area contributed by atoms with Gasteiger partial charge in [0.05, 0.1) is 13.2 Å². The highest BCUT2D eigenvalue weighted by Crippen LogP contribution is 1.87. The highest BCUT2D eigenvalue weighted by atomic mass is 16.3. The van der Waals surface area contributed by atoms with Crippen LogP contribution in [0.5, 0.6) is 0 Å². The number of aliphatic hydroxyl groups excluding tert-OH is 1. The Labute approximate surface area is 79.2 Å². The van der Waals surface area contributed by atoms with E-state index < -0.39 is 0 Å². The summed E-state index contributed by atoms with van der Waals surface area (Å²) in [6.45, 7) is 7.60. The second-order valence-corrected chi connectivity index (χ2v) is 2.70. The van der Waals surface area contributed by atoms with Gasteiger partial charge in [0.2, 0.25) is 5.91 Å². The fraction of sp³-hybridized carbons (Fsp3) is 0.667. The molecule has 0 atom stereocenters. The summed E-state index contributed by atoms with van der Waals surface area (Å²) in [5.74, 6) is -0.0159. The summed E-state index contributed by atoms with van der Waals surface area (Å²) in [4.78, 5) is 13.0. The average molecular weight is 186 g/mol. The van der Waals surface area contributed by atoms with E-state index in [0.717, 1.165) is 0 Å². The molecule has 0 aromatic heterocycles. The van der Waals surface area contributed by atoms with Gasteiger partial charge >= 0.3 is 0 Å². The Bertz CT molecular complexity index is 160. The molecule has 4 nitrogen and oxygen atoms in total. The lowest BCUT2D eigenvalue weighted by Gasteiger charge is -2.18. The summed E-state index contributed by atoms with van der Waals surface area (Å²) in [5, 5.41) is 11.4. The number of hydrogen-bond acceptors (Lipinski definition) is 3. The van der Waals surface area contributed by atoms with Crippen LogP contribution in [-0.2, 0) is 4.79 Å². The maximum atomic E-state index is 11.1. The molecule has 0 unspecified atom stereocenters. The first kappa shape index (κ1) is 12.1. The third-order valence-electron chi connectivity index (χ3n) is 1.54. The lowest BCUT2D eigenvalue weighted by Crippen LogP contribution is -2.38. The van der Waals surface area contributed by atoms with Crippen molar-refractivity contribution in [3.63, 3.8) is 0 Å². The molecule has 1 amide bonds. The summed E-state index contributed by atoms with van der Waals surface area (Å²) < 4.78 is 0. The van der Waals surface area contributed by atoms with Crippen molar-refractivity contribution < 1.29 is 9.90 Å². The minimum Gasteiger partial charge on any atom is -0.395 e. The van der Waals surface area contributed by atoms with Gasteiger partial charge in [-0.05, 0) is 6.92 Å². The normalized spacial score (nSPS) is 10.1. The molecule has 0 bridgehead atoms. The minimum absolute atomic E-state index is 0.0159. The van der Waals surface area contributed by atoms with Crippen LogP contribution in [0.15, 0.2) is 12.7 Å². The van der Waals surface area contributed by atoms with Crippen LogP contribution in [0.3, 0.4) is 0 Å². The highest BCUT2D eigenvalue weighted by molar-refractivity contribution is 5.77. The number of carbonyl (C=O) groups excluding carboxylic acids is 1. The molecule has 0 aliphatic heterocycles. The van der Waals surface area contributed by atoms with Gasteiger partial charge < -0.3 is 10.4 Å². The van der Waals surface area contributed by atoms with Crippen LogP contribution >= 0.6 is 0 Å². The standard InChI is InChI=1S/C9H18N2O2/c1-3-5-11(6-7-12)8-9(13)10-4-2/h3,12H,1,4-8H2,2H3,(H,10,13). The molecule has 0 aliphatic carbocycles. The largest absolute Gasteiger partial charge is 0.395 e. The molecule has 76 valence electrons. The number of amides is 1. The summed E-state index contributed by atoms with van der Waals surface area (Å²) in [5.41, 5.74) is 0. The van der Waals surface area contributed by atoms with Gasteiger partial charge in [-0.25, -0.2) is 0 Å². The van der Waals surface area contributed by atoms with Crippen LogP contribution in [0, 0.1) is 0 Å². The van der Waals surface area contributed by atoms with Crippen LogP contribution in [0.25, 0.3) is 0 Å². The minimum atomic E-state index is -0.0159. The molecule has 0 heterocycles. The van der Waals surface area contributed by atoms with Gasteiger partial charge in [0.1, 0.15) is 0 Å². The summed E-state index contributed by atoms with van der Waals surface area (Å²) in [6.07, 6.45) is 1.72. The predicted molar refractivity (Wildman–Crippen MR) is 52.4 cm³/mol. The molecular formula is C9H18N2O2. The number of likely N-dealkylation sites (N-methyl/N-ethyl adjacent to an activating group) is 1. The maximum absolute atomic E-state index is 11.1. The van der Waals surface area contributed by atoms with Crippen molar-refractivity contribution >= 4 is 5.91 Å². The Kier molecular flexibility index (Phi) is 7.24. The lowest BCUT2D eigenvalue weighted by atomic mass is 10.4. The molecule has 0 fully saturated rings. The number of hydrogen-bond donors (Lipinski definition) is 2. The smallest absolute Gasteiger partial charge is 0.234 e. The van der Waals surface area contributed by atoms with E-state index in [0.29, 0.717) is 26.2 Å². The van der Waals surface area contributed by atoms with Crippen LogP contribution < -0.4 is 5.32 Å². The Balaban J connectivity index is 3.78. The van der Waals surface area contributed by atoms with Gasteiger partial charge in [-0.15, -0.1) is 6.58 Å². The fourth-order valence-corrected chi connectivity index (χ4v) is 1.02. The van der Waals surface area contributed by atoms with Crippen molar-refractivity contribution in [1.29, 1.82) is 0 Å². The molecule has 0 saturated heterocycles. The van der Waals surface area contributed by atoms with E-state index in [1.165, 1.54) is 0 Å². The van der Waals surface area contributed by atoms with E-state index >= 15 is 0 Å². The third-order valence-corrected chi connectivity index (χ3v) is 1.54. The van der Waals surface area contributed by atoms with Crippen molar-refractivity contribution in [1.82, 2.24) is 10.2 Å². The molecule has 0 spiro atoms. The van der Waals surface area contributed by atoms with Crippen molar-refractivity contribution in [3.05, 3.63) is 12.7 Å². The Morgan fingerprint density at radius 3 is 2.85 bits per heavy atom. The zero-order chi connectivity index (χ0) is 10.1. The number of aliphatic hydroxyl groups is 1. The molecule has 0 aliphatic rings. The van der Waals surface area contributed by atoms with E-state index in [4.69, 9.17) is 5.11 Å². The first-order valence-corrected chi connectivity index (χ1v) is 4.45. The van der Waals surface area contributed by atoms with Gasteiger partial charge in [-0.1, -0.05) is 6.08 Å². The van der Waals surface area contributed by atoms with Crippen LogP contribution in [0.2, 0.25) is 0 Å². The highest BCUT2D eigenvalue weighted by Gasteiger charge is 2.06. The van der Waals surface area contributed by atoms with Gasteiger partial charge in [0, 0.05) is 19.6 Å². The Morgan fingerprint density at radius 2 is 2.38 bits per heavy atom. The van der Waals surface area contributed by atoms with E-state index in [1.807, 2.05) is 11.8 Å². The predicted octanol–water partition coefficient (Wildman–Crippen LogP) is -0.397. The fourth-order valence-electron chi connectivity index (χ4n) is 1.02. The summed E-state index contributed by atoms with van der Waals surface area (Å²) in [6, 6.07) is 0. The van der Waals surface area contributed by atoms with Gasteiger partial charge in [-0.3, -0.25) is 9.69 Å². The van der Waals surface area contributed by atoms with Gasteiger partial charge in [-0.2, -0.15) is 0 Å². The molecule has 0 saturated carbocycles. The summed E-state index contributed by atoms with van der Waals surface area (Å²) in [7, 11) is 0. The first-order chi connectivity index (χ1) is 6.24. The van der Waals surface area contributed by atoms with Crippen LogP contribution in [-0.4, -0.2) is 48.7 Å². The SMILES string of the molecule is C=CCN(CCO)CC(=O)NCC. The molecular weight excluding hydrogens is 168 g/mol. The van der Waals surface area contributed by atoms with Crippen molar-refractivity contribution in [3.8, 4) is 0 Å². The molecule has 13 heavy (non-hydrogen) atoms. The topological polar surface area (TPSA) is 52.6 Å². The molecule has 0 rings (SSSR count). The van der Waals surface area contributed by atoms with E-state index in [1.54, 1.807) is 6.08 Å². The van der Waals surface area contributed by atoms with Gasteiger partial charge in [0.15, 0.2) is 0 Å². The van der Waals surface area contributed by atoms with Crippen molar-refractivity contribution in [2.75, 3.05) is 32.8 Å². The monoisotopic (exact) mass is 186 g/mol. The van der Waals surface area contributed by atoms with Crippen LogP contribution in [0.1, 0.15) is 6.92 Å². The lowest BCUT2D eigenvalue weighted by molar-refractivity contribution is -0.122. The molecule has 4 heteroatoms. The number of nitrogens with zero attached hydrogens (tertiary/aromatic N) is 1. The first-order valence-electron chi connectivity index (χ1n) is 4.45.